The predicted molar refractivity (Wildman–Crippen MR) is 61.7 cm³/mol. The van der Waals surface area contributed by atoms with Gasteiger partial charge < -0.3 is 52.1 Å². The second-order valence-electron chi connectivity index (χ2n) is 2.76. The average molecular weight is 288 g/mol. The lowest BCUT2D eigenvalue weighted by Crippen LogP contribution is -2.46. The van der Waals surface area contributed by atoms with E-state index in [2.05, 4.69) is 11.5 Å². The number of aliphatic hydroxyl groups is 5. The molecule has 0 aliphatic rings. The summed E-state index contributed by atoms with van der Waals surface area (Å²) in [6.45, 7) is 1.24. The van der Waals surface area contributed by atoms with Gasteiger partial charge in [0, 0.05) is 0 Å². The highest BCUT2D eigenvalue weighted by molar-refractivity contribution is 5.69. The highest BCUT2D eigenvalue weighted by Crippen LogP contribution is 2.02. The molecule has 0 aromatic carbocycles. The van der Waals surface area contributed by atoms with E-state index in [1.807, 2.05) is 6.79 Å². The van der Waals surface area contributed by atoms with E-state index in [9.17, 15) is 4.79 Å². The number of primary amides is 2. The van der Waals surface area contributed by atoms with E-state index >= 15 is 0 Å². The number of nitrogens with two attached hydrogens (primary N) is 2. The summed E-state index contributed by atoms with van der Waals surface area (Å²) < 4.78 is 0. The molecule has 2 amide bonds. The van der Waals surface area contributed by atoms with Gasteiger partial charge in [-0.25, -0.2) is 4.79 Å². The summed E-state index contributed by atoms with van der Waals surface area (Å²) in [7, 11) is 0. The van der Waals surface area contributed by atoms with Gasteiger partial charge in [-0.15, -0.1) is 0 Å². The summed E-state index contributed by atoms with van der Waals surface area (Å²) in [5, 5.41) is 43.5. The van der Waals surface area contributed by atoms with Crippen molar-refractivity contribution in [3.63, 3.8) is 0 Å². The Hall–Kier alpha value is -1.63. The van der Waals surface area contributed by atoms with Crippen molar-refractivity contribution in [2.75, 3.05) is 6.61 Å². The van der Waals surface area contributed by atoms with Gasteiger partial charge in [0.05, 0.1) is 6.61 Å². The van der Waals surface area contributed by atoms with Crippen LogP contribution in [0, 0.1) is 0 Å². The lowest BCUT2D eigenvalue weighted by molar-refractivity contribution is -0.136. The van der Waals surface area contributed by atoms with E-state index in [0.717, 1.165) is 0 Å². The fourth-order valence-electron chi connectivity index (χ4n) is 0.618. The summed E-state index contributed by atoms with van der Waals surface area (Å²) in [6.07, 6.45) is -6.84. The average Bonchev–Trinajstić information content (AvgIpc) is 2.36. The standard InChI is InChI=1S/C6H12O6.CH4N2O.CH2O.H2O/c7-1-3(9)5(11)6(12)4(10)2-8;2-1(3)4;1-2;/h1,3-6,8-12H,2H2;(H4,2,3,4);1H2;1H2. The Morgan fingerprint density at radius 3 is 1.63 bits per heavy atom. The van der Waals surface area contributed by atoms with Crippen molar-refractivity contribution in [2.24, 2.45) is 11.5 Å². The normalized spacial score (nSPS) is 14.8. The molecule has 4 unspecified atom stereocenters. The Morgan fingerprint density at radius 1 is 1.11 bits per heavy atom. The van der Waals surface area contributed by atoms with Gasteiger partial charge in [0.25, 0.3) is 0 Å². The number of rotatable bonds is 5. The third kappa shape index (κ3) is 16.4. The van der Waals surface area contributed by atoms with Crippen LogP contribution in [0.2, 0.25) is 0 Å². The number of aldehydes is 1. The number of urea groups is 1. The first kappa shape index (κ1) is 26.0. The molecule has 0 rings (SSSR count). The molecule has 0 aliphatic heterocycles. The molecule has 0 aliphatic carbocycles. The number of carbonyl (C=O) groups is 3. The van der Waals surface area contributed by atoms with E-state index in [0.29, 0.717) is 0 Å². The van der Waals surface area contributed by atoms with Gasteiger partial charge in [0.1, 0.15) is 31.2 Å². The maximum Gasteiger partial charge on any atom is 0.309 e. The van der Waals surface area contributed by atoms with Crippen LogP contribution in [0.5, 0.6) is 0 Å². The number of hydrogen-bond donors (Lipinski definition) is 7. The summed E-state index contributed by atoms with van der Waals surface area (Å²) in [5.41, 5.74) is 8.50. The zero-order valence-corrected chi connectivity index (χ0v) is 9.92. The van der Waals surface area contributed by atoms with Crippen LogP contribution in [0.3, 0.4) is 0 Å². The van der Waals surface area contributed by atoms with Crippen molar-refractivity contribution in [1.29, 1.82) is 0 Å². The molecule has 0 bridgehead atoms. The van der Waals surface area contributed by atoms with Gasteiger partial charge in [-0.05, 0) is 0 Å². The maximum atomic E-state index is 9.90. The molecule has 0 saturated heterocycles. The van der Waals surface area contributed by atoms with Crippen LogP contribution in [0.15, 0.2) is 0 Å². The minimum atomic E-state index is -1.79. The van der Waals surface area contributed by atoms with Crippen LogP contribution in [0.1, 0.15) is 0 Å². The largest absolute Gasteiger partial charge is 0.412 e. The van der Waals surface area contributed by atoms with Gasteiger partial charge >= 0.3 is 6.03 Å². The van der Waals surface area contributed by atoms with Crippen molar-refractivity contribution >= 4 is 19.1 Å². The summed E-state index contributed by atoms with van der Waals surface area (Å²) in [5.74, 6) is 0. The summed E-state index contributed by atoms with van der Waals surface area (Å²) in [4.78, 5) is 26.9. The number of carbonyl (C=O) groups excluding carboxylic acids is 3. The van der Waals surface area contributed by atoms with Crippen LogP contribution in [0.25, 0.3) is 0 Å². The molecule has 11 nitrogen and oxygen atoms in total. The Bertz CT molecular complexity index is 224. The fraction of sp³-hybridized carbons (Fsp3) is 0.625. The van der Waals surface area contributed by atoms with Crippen LogP contribution >= 0.6 is 0 Å². The Morgan fingerprint density at radius 2 is 1.42 bits per heavy atom. The molecule has 116 valence electrons. The Kier molecular flexibility index (Phi) is 22.4. The zero-order chi connectivity index (χ0) is 15.3. The molecule has 0 spiro atoms. The second kappa shape index (κ2) is 16.4. The third-order valence-corrected chi connectivity index (χ3v) is 1.42. The summed E-state index contributed by atoms with van der Waals surface area (Å²) in [6, 6.07) is -0.833. The number of aliphatic hydroxyl groups excluding tert-OH is 5. The fourth-order valence-corrected chi connectivity index (χ4v) is 0.618. The number of amides is 2. The minimum absolute atomic E-state index is 0. The molecular weight excluding hydrogens is 268 g/mol. The van der Waals surface area contributed by atoms with E-state index in [1.54, 1.807) is 0 Å². The van der Waals surface area contributed by atoms with Gasteiger partial charge in [-0.2, -0.15) is 0 Å². The smallest absolute Gasteiger partial charge is 0.309 e. The topological polar surface area (TPSA) is 236 Å². The Balaban J connectivity index is -0.000000137. The molecule has 11 heteroatoms. The van der Waals surface area contributed by atoms with Crippen LogP contribution < -0.4 is 11.5 Å². The molecular formula is C8H20N2O9. The van der Waals surface area contributed by atoms with Gasteiger partial charge in [-0.3, -0.25) is 0 Å². The highest BCUT2D eigenvalue weighted by atomic mass is 16.4. The van der Waals surface area contributed by atoms with Crippen molar-refractivity contribution < 1.29 is 45.4 Å². The molecule has 0 saturated carbocycles. The van der Waals surface area contributed by atoms with Crippen molar-refractivity contribution in [3.8, 4) is 0 Å². The molecule has 4 atom stereocenters. The third-order valence-electron chi connectivity index (χ3n) is 1.42. The summed E-state index contributed by atoms with van der Waals surface area (Å²) >= 11 is 0. The van der Waals surface area contributed by atoms with Crippen molar-refractivity contribution in [1.82, 2.24) is 0 Å². The zero-order valence-electron chi connectivity index (χ0n) is 9.92. The first-order valence-electron chi connectivity index (χ1n) is 4.40. The van der Waals surface area contributed by atoms with E-state index < -0.39 is 37.1 Å². The molecule has 0 radical (unpaired) electrons. The minimum Gasteiger partial charge on any atom is -0.412 e. The highest BCUT2D eigenvalue weighted by Gasteiger charge is 2.29. The lowest BCUT2D eigenvalue weighted by Gasteiger charge is -2.22. The van der Waals surface area contributed by atoms with E-state index in [4.69, 9.17) is 35.1 Å². The first-order chi connectivity index (χ1) is 8.27. The predicted octanol–water partition coefficient (Wildman–Crippen LogP) is -5.36. The quantitative estimate of drug-likeness (QED) is 0.240. The molecule has 19 heavy (non-hydrogen) atoms. The molecule has 11 N–H and O–H groups in total. The molecule has 0 aromatic rings. The van der Waals surface area contributed by atoms with Gasteiger partial charge in [0.15, 0.2) is 6.29 Å². The SMILES string of the molecule is C=O.NC(N)=O.O.O=CC(O)C(O)C(O)C(O)CO. The van der Waals surface area contributed by atoms with Crippen LogP contribution in [0.4, 0.5) is 4.79 Å². The number of hydrogen-bond acceptors (Lipinski definition) is 8. The molecule has 0 heterocycles. The Labute approximate surface area is 108 Å². The van der Waals surface area contributed by atoms with Crippen LogP contribution in [-0.2, 0) is 9.59 Å². The molecule has 0 fully saturated rings. The second-order valence-corrected chi connectivity index (χ2v) is 2.76. The van der Waals surface area contributed by atoms with E-state index in [-0.39, 0.29) is 11.8 Å². The van der Waals surface area contributed by atoms with Gasteiger partial charge in [0.2, 0.25) is 0 Å². The lowest BCUT2D eigenvalue weighted by atomic mass is 10.0. The van der Waals surface area contributed by atoms with Crippen molar-refractivity contribution in [3.05, 3.63) is 0 Å². The maximum absolute atomic E-state index is 9.90. The van der Waals surface area contributed by atoms with Crippen LogP contribution in [-0.4, -0.2) is 81.1 Å². The van der Waals surface area contributed by atoms with Gasteiger partial charge in [-0.1, -0.05) is 0 Å². The van der Waals surface area contributed by atoms with E-state index in [1.165, 1.54) is 0 Å². The molecule has 0 aromatic heterocycles. The first-order valence-corrected chi connectivity index (χ1v) is 4.40. The monoisotopic (exact) mass is 288 g/mol. The van der Waals surface area contributed by atoms with Crippen molar-refractivity contribution in [2.45, 2.75) is 24.4 Å².